The summed E-state index contributed by atoms with van der Waals surface area (Å²) in [4.78, 5) is 28.8. The molecule has 1 aliphatic heterocycles. The molecular weight excluding hydrogens is 448 g/mol. The number of morpholine rings is 1. The van der Waals surface area contributed by atoms with Crippen molar-refractivity contribution in [2.75, 3.05) is 43.5 Å². The summed E-state index contributed by atoms with van der Waals surface area (Å²) in [5, 5.41) is 5.80. The molecule has 0 atom stereocenters. The van der Waals surface area contributed by atoms with E-state index in [9.17, 15) is 18.0 Å². The number of rotatable bonds is 8. The molecule has 1 amide bonds. The lowest BCUT2D eigenvalue weighted by Gasteiger charge is -2.26. The summed E-state index contributed by atoms with van der Waals surface area (Å²) in [5.41, 5.74) is 1.10. The van der Waals surface area contributed by atoms with Crippen LogP contribution in [0.15, 0.2) is 41.4 Å². The Kier molecular flexibility index (Phi) is 6.91. The van der Waals surface area contributed by atoms with Crippen LogP contribution >= 0.6 is 0 Å². The van der Waals surface area contributed by atoms with Crippen molar-refractivity contribution in [1.82, 2.24) is 9.29 Å². The first kappa shape index (κ1) is 23.1. The molecule has 2 aromatic rings. The molecule has 0 bridgehead atoms. The first-order valence-corrected chi connectivity index (χ1v) is 12.1. The number of nitrogens with zero attached hydrogens (tertiary/aromatic N) is 2. The van der Waals surface area contributed by atoms with E-state index in [4.69, 9.17) is 9.47 Å². The standard InChI is InChI=1S/C22H26N4O6S/c1-15-2-4-18(12-19(15)33(29,30)26-8-10-31-11-9-26)25-21(27)14-32-22(28)16-3-7-20(23-13-16)24-17-5-6-17/h2-4,7,12-13,17H,5-6,8-11,14H2,1H3,(H,23,24)(H,25,27). The summed E-state index contributed by atoms with van der Waals surface area (Å²) in [7, 11) is -3.72. The number of anilines is 2. The Hall–Kier alpha value is -3.02. The molecule has 2 fully saturated rings. The molecule has 1 aromatic carbocycles. The number of aryl methyl sites for hydroxylation is 1. The van der Waals surface area contributed by atoms with Gasteiger partial charge in [0.2, 0.25) is 10.0 Å². The summed E-state index contributed by atoms with van der Waals surface area (Å²) in [5.74, 6) is -0.564. The summed E-state index contributed by atoms with van der Waals surface area (Å²) in [6.45, 7) is 2.42. The van der Waals surface area contributed by atoms with Gasteiger partial charge in [-0.15, -0.1) is 0 Å². The number of amides is 1. The van der Waals surface area contributed by atoms with E-state index in [0.717, 1.165) is 12.8 Å². The molecule has 4 rings (SSSR count). The van der Waals surface area contributed by atoms with E-state index in [2.05, 4.69) is 15.6 Å². The maximum atomic E-state index is 13.0. The zero-order valence-electron chi connectivity index (χ0n) is 18.2. The molecule has 0 radical (unpaired) electrons. The second-order valence-corrected chi connectivity index (χ2v) is 9.88. The molecule has 1 aromatic heterocycles. The second kappa shape index (κ2) is 9.86. The molecule has 176 valence electrons. The lowest BCUT2D eigenvalue weighted by molar-refractivity contribution is -0.119. The van der Waals surface area contributed by atoms with Crippen molar-refractivity contribution in [2.24, 2.45) is 0 Å². The second-order valence-electron chi connectivity index (χ2n) is 7.97. The monoisotopic (exact) mass is 474 g/mol. The van der Waals surface area contributed by atoms with Gasteiger partial charge in [0.15, 0.2) is 6.61 Å². The van der Waals surface area contributed by atoms with E-state index in [0.29, 0.717) is 36.3 Å². The predicted molar refractivity (Wildman–Crippen MR) is 121 cm³/mol. The number of carbonyl (C=O) groups is 2. The average molecular weight is 475 g/mol. The summed E-state index contributed by atoms with van der Waals surface area (Å²) < 4.78 is 37.6. The Morgan fingerprint density at radius 3 is 2.61 bits per heavy atom. The molecule has 11 heteroatoms. The highest BCUT2D eigenvalue weighted by molar-refractivity contribution is 7.89. The fourth-order valence-electron chi connectivity index (χ4n) is 3.33. The van der Waals surface area contributed by atoms with Gasteiger partial charge in [0.1, 0.15) is 5.82 Å². The molecule has 1 aliphatic carbocycles. The van der Waals surface area contributed by atoms with Gasteiger partial charge < -0.3 is 20.1 Å². The Bertz CT molecular complexity index is 1130. The van der Waals surface area contributed by atoms with Gasteiger partial charge in [0, 0.05) is 31.0 Å². The summed E-state index contributed by atoms with van der Waals surface area (Å²) in [6, 6.07) is 8.36. The molecule has 10 nitrogen and oxygen atoms in total. The van der Waals surface area contributed by atoms with Crippen LogP contribution < -0.4 is 10.6 Å². The minimum Gasteiger partial charge on any atom is -0.452 e. The Labute approximate surface area is 192 Å². The number of aromatic nitrogens is 1. The first-order valence-electron chi connectivity index (χ1n) is 10.7. The number of benzene rings is 1. The lowest BCUT2D eigenvalue weighted by atomic mass is 10.2. The topological polar surface area (TPSA) is 127 Å². The van der Waals surface area contributed by atoms with Gasteiger partial charge in [-0.05, 0) is 49.6 Å². The number of nitrogens with one attached hydrogen (secondary N) is 2. The summed E-state index contributed by atoms with van der Waals surface area (Å²) in [6.07, 6.45) is 3.62. The predicted octanol–water partition coefficient (Wildman–Crippen LogP) is 1.78. The zero-order chi connectivity index (χ0) is 23.4. The fourth-order valence-corrected chi connectivity index (χ4v) is 4.99. The van der Waals surface area contributed by atoms with E-state index in [-0.39, 0.29) is 23.5 Å². The van der Waals surface area contributed by atoms with Gasteiger partial charge in [0.05, 0.1) is 23.7 Å². The largest absolute Gasteiger partial charge is 0.452 e. The van der Waals surface area contributed by atoms with Crippen LogP contribution in [0.25, 0.3) is 0 Å². The zero-order valence-corrected chi connectivity index (χ0v) is 19.1. The molecule has 1 saturated heterocycles. The number of hydrogen-bond donors (Lipinski definition) is 2. The molecule has 0 spiro atoms. The van der Waals surface area contributed by atoms with Crippen molar-refractivity contribution in [3.8, 4) is 0 Å². The van der Waals surface area contributed by atoms with Crippen molar-refractivity contribution in [1.29, 1.82) is 0 Å². The SMILES string of the molecule is Cc1ccc(NC(=O)COC(=O)c2ccc(NC3CC3)nc2)cc1S(=O)(=O)N1CCOCC1. The van der Waals surface area contributed by atoms with Gasteiger partial charge in [-0.3, -0.25) is 4.79 Å². The van der Waals surface area contributed by atoms with Crippen LogP contribution in [0, 0.1) is 6.92 Å². The summed E-state index contributed by atoms with van der Waals surface area (Å²) >= 11 is 0. The highest BCUT2D eigenvalue weighted by Gasteiger charge is 2.28. The normalized spacial score (nSPS) is 16.8. The highest BCUT2D eigenvalue weighted by atomic mass is 32.2. The van der Waals surface area contributed by atoms with Crippen LogP contribution in [0.3, 0.4) is 0 Å². The van der Waals surface area contributed by atoms with Crippen LogP contribution in [-0.4, -0.2) is 68.5 Å². The number of esters is 1. The van der Waals surface area contributed by atoms with Crippen LogP contribution in [0.4, 0.5) is 11.5 Å². The number of pyridine rings is 1. The maximum Gasteiger partial charge on any atom is 0.340 e. The van der Waals surface area contributed by atoms with Gasteiger partial charge in [-0.2, -0.15) is 4.31 Å². The molecule has 33 heavy (non-hydrogen) atoms. The van der Waals surface area contributed by atoms with E-state index < -0.39 is 28.5 Å². The Morgan fingerprint density at radius 2 is 1.94 bits per heavy atom. The minimum atomic E-state index is -3.72. The van der Waals surface area contributed by atoms with Crippen LogP contribution in [-0.2, 0) is 24.3 Å². The fraction of sp³-hybridized carbons (Fsp3) is 0.409. The number of hydrogen-bond acceptors (Lipinski definition) is 8. The van der Waals surface area contributed by atoms with Crippen LogP contribution in [0.1, 0.15) is 28.8 Å². The van der Waals surface area contributed by atoms with Gasteiger partial charge in [-0.1, -0.05) is 6.07 Å². The first-order chi connectivity index (χ1) is 15.8. The van der Waals surface area contributed by atoms with Crippen LogP contribution in [0.5, 0.6) is 0 Å². The molecular formula is C22H26N4O6S. The molecule has 2 aliphatic rings. The minimum absolute atomic E-state index is 0.116. The van der Waals surface area contributed by atoms with Crippen molar-refractivity contribution in [2.45, 2.75) is 30.7 Å². The third kappa shape index (κ3) is 5.86. The van der Waals surface area contributed by atoms with Gasteiger partial charge in [0.25, 0.3) is 5.91 Å². The third-order valence-electron chi connectivity index (χ3n) is 5.32. The highest BCUT2D eigenvalue weighted by Crippen LogP contribution is 2.25. The molecule has 2 heterocycles. The van der Waals surface area contributed by atoms with E-state index in [1.807, 2.05) is 0 Å². The van der Waals surface area contributed by atoms with E-state index in [1.165, 1.54) is 16.6 Å². The van der Waals surface area contributed by atoms with E-state index in [1.54, 1.807) is 31.2 Å². The van der Waals surface area contributed by atoms with Crippen molar-refractivity contribution < 1.29 is 27.5 Å². The van der Waals surface area contributed by atoms with Crippen molar-refractivity contribution >= 4 is 33.4 Å². The van der Waals surface area contributed by atoms with E-state index >= 15 is 0 Å². The maximum absolute atomic E-state index is 13.0. The van der Waals surface area contributed by atoms with Gasteiger partial charge >= 0.3 is 5.97 Å². The smallest absolute Gasteiger partial charge is 0.340 e. The van der Waals surface area contributed by atoms with Crippen LogP contribution in [0.2, 0.25) is 0 Å². The molecule has 0 unspecified atom stereocenters. The quantitative estimate of drug-likeness (QED) is 0.555. The average Bonchev–Trinajstić information content (AvgIpc) is 3.64. The lowest BCUT2D eigenvalue weighted by Crippen LogP contribution is -2.40. The number of carbonyl (C=O) groups excluding carboxylic acids is 2. The third-order valence-corrected chi connectivity index (χ3v) is 7.36. The van der Waals surface area contributed by atoms with Gasteiger partial charge in [-0.25, -0.2) is 18.2 Å². The van der Waals surface area contributed by atoms with Crippen molar-refractivity contribution in [3.63, 3.8) is 0 Å². The molecule has 1 saturated carbocycles. The van der Waals surface area contributed by atoms with Crippen molar-refractivity contribution in [3.05, 3.63) is 47.7 Å². The Morgan fingerprint density at radius 1 is 1.18 bits per heavy atom. The number of ether oxygens (including phenoxy) is 2. The number of sulfonamides is 1. The Balaban J connectivity index is 1.34. The molecule has 2 N–H and O–H groups in total.